The van der Waals surface area contributed by atoms with E-state index in [2.05, 4.69) is 0 Å². The first-order valence-electron chi connectivity index (χ1n) is 12.9. The van der Waals surface area contributed by atoms with Crippen LogP contribution in [0.5, 0.6) is 0 Å². The number of hydrogen-bond donors (Lipinski definition) is 3. The zero-order valence-corrected chi connectivity index (χ0v) is 21.7. The molecule has 0 unspecified atom stereocenters. The summed E-state index contributed by atoms with van der Waals surface area (Å²) in [6.07, 6.45) is -6.07. The van der Waals surface area contributed by atoms with Crippen molar-refractivity contribution in [2.75, 3.05) is 13.7 Å². The van der Waals surface area contributed by atoms with E-state index in [9.17, 15) is 34.5 Å². The number of fused-ring (bicyclic) bond motifs is 2. The second kappa shape index (κ2) is 8.36. The number of hydrogen-bond acceptors (Lipinski definition) is 11. The third-order valence-electron chi connectivity index (χ3n) is 10.1. The Morgan fingerprint density at radius 2 is 1.79 bits per heavy atom. The highest BCUT2D eigenvalue weighted by atomic mass is 16.6. The van der Waals surface area contributed by atoms with Crippen molar-refractivity contribution in [3.05, 3.63) is 47.2 Å². The van der Waals surface area contributed by atoms with Crippen molar-refractivity contribution in [2.24, 2.45) is 28.6 Å². The average molecular weight is 543 g/mol. The minimum atomic E-state index is -2.24. The van der Waals surface area contributed by atoms with Gasteiger partial charge < -0.3 is 34.3 Å². The van der Waals surface area contributed by atoms with E-state index < -0.39 is 82.3 Å². The maximum absolute atomic E-state index is 13.5. The SMILES string of the molecule is COC(=O)[C@@]12OC[C@@]34[C@H](C[C@H]5C(C)=C(O)C(=O)C[C@@]5(C)[C@H]3[C@@H](O)[C@@H]1O)OC(=O)[C@H](OC(=O)c1ccccc1)[C@@H]24. The molecule has 2 aliphatic heterocycles. The van der Waals surface area contributed by atoms with Crippen LogP contribution >= 0.6 is 0 Å². The van der Waals surface area contributed by atoms with Gasteiger partial charge in [-0.2, -0.15) is 0 Å². The van der Waals surface area contributed by atoms with Gasteiger partial charge in [-0.25, -0.2) is 14.4 Å². The maximum Gasteiger partial charge on any atom is 0.348 e. The van der Waals surface area contributed by atoms with Crippen LogP contribution in [0.3, 0.4) is 0 Å². The molecule has 0 radical (unpaired) electrons. The van der Waals surface area contributed by atoms with E-state index in [4.69, 9.17) is 18.9 Å². The van der Waals surface area contributed by atoms with Crippen LogP contribution in [0, 0.1) is 28.6 Å². The smallest absolute Gasteiger partial charge is 0.348 e. The number of aliphatic hydroxyl groups excluding tert-OH is 3. The van der Waals surface area contributed by atoms with Crippen molar-refractivity contribution >= 4 is 23.7 Å². The lowest BCUT2D eigenvalue weighted by Gasteiger charge is -2.67. The maximum atomic E-state index is 13.5. The summed E-state index contributed by atoms with van der Waals surface area (Å²) in [5, 5.41) is 33.8. The third kappa shape index (κ3) is 3.03. The Morgan fingerprint density at radius 1 is 1.10 bits per heavy atom. The highest BCUT2D eigenvalue weighted by molar-refractivity contribution is 5.96. The minimum absolute atomic E-state index is 0.149. The van der Waals surface area contributed by atoms with Gasteiger partial charge in [0.15, 0.2) is 11.5 Å². The molecular weight excluding hydrogens is 512 g/mol. The van der Waals surface area contributed by atoms with Gasteiger partial charge in [0.05, 0.1) is 31.3 Å². The molecule has 0 amide bonds. The van der Waals surface area contributed by atoms with E-state index in [0.717, 1.165) is 7.11 Å². The molecule has 2 saturated heterocycles. The second-order valence-electron chi connectivity index (χ2n) is 11.6. The van der Waals surface area contributed by atoms with Crippen LogP contribution in [0.25, 0.3) is 0 Å². The lowest BCUT2D eigenvalue weighted by Crippen LogP contribution is -2.79. The number of ketones is 1. The molecule has 10 atom stereocenters. The Morgan fingerprint density at radius 3 is 2.46 bits per heavy atom. The number of ether oxygens (including phenoxy) is 4. The van der Waals surface area contributed by atoms with Crippen LogP contribution in [0.2, 0.25) is 0 Å². The van der Waals surface area contributed by atoms with E-state index in [0.29, 0.717) is 5.57 Å². The topological polar surface area (TPSA) is 166 Å². The number of allylic oxidation sites excluding steroid dienone is 2. The fraction of sp³-hybridized carbons (Fsp3) is 0.571. The predicted molar refractivity (Wildman–Crippen MR) is 129 cm³/mol. The largest absolute Gasteiger partial charge is 0.504 e. The lowest BCUT2D eigenvalue weighted by molar-refractivity contribution is -0.288. The zero-order valence-electron chi connectivity index (χ0n) is 21.7. The number of benzene rings is 1. The summed E-state index contributed by atoms with van der Waals surface area (Å²) >= 11 is 0. The van der Waals surface area contributed by atoms with Crippen molar-refractivity contribution in [3.8, 4) is 0 Å². The Kier molecular flexibility index (Phi) is 5.57. The van der Waals surface area contributed by atoms with Gasteiger partial charge in [-0.15, -0.1) is 0 Å². The highest BCUT2D eigenvalue weighted by Gasteiger charge is 2.85. The van der Waals surface area contributed by atoms with E-state index in [1.54, 1.807) is 32.0 Å². The van der Waals surface area contributed by atoms with E-state index in [-0.39, 0.29) is 30.8 Å². The molecule has 11 nitrogen and oxygen atoms in total. The summed E-state index contributed by atoms with van der Waals surface area (Å²) in [6, 6.07) is 7.96. The molecule has 1 spiro atoms. The van der Waals surface area contributed by atoms with Crippen LogP contribution in [0.4, 0.5) is 0 Å². The van der Waals surface area contributed by atoms with Crippen molar-refractivity contribution in [1.82, 2.24) is 0 Å². The molecule has 3 N–H and O–H groups in total. The molecule has 3 aliphatic carbocycles. The summed E-state index contributed by atoms with van der Waals surface area (Å²) in [5.41, 5.74) is -4.02. The quantitative estimate of drug-likeness (QED) is 0.366. The molecule has 0 aromatic heterocycles. The van der Waals surface area contributed by atoms with Gasteiger partial charge in [0.2, 0.25) is 11.7 Å². The molecule has 2 bridgehead atoms. The van der Waals surface area contributed by atoms with Gasteiger partial charge in [0.1, 0.15) is 12.2 Å². The number of rotatable bonds is 3. The Balaban J connectivity index is 1.55. The first kappa shape index (κ1) is 26.0. The van der Waals surface area contributed by atoms with Crippen LogP contribution in [0.1, 0.15) is 37.0 Å². The Labute approximate surface area is 223 Å². The molecule has 2 heterocycles. The molecule has 1 aromatic rings. The van der Waals surface area contributed by atoms with E-state index in [1.807, 2.05) is 0 Å². The van der Waals surface area contributed by atoms with Gasteiger partial charge >= 0.3 is 17.9 Å². The number of methoxy groups -OCH3 is 1. The molecule has 1 aromatic carbocycles. The average Bonchev–Trinajstić information content (AvgIpc) is 3.23. The molecule has 39 heavy (non-hydrogen) atoms. The van der Waals surface area contributed by atoms with Crippen molar-refractivity contribution < 1.29 is 53.4 Å². The predicted octanol–water partition coefficient (Wildman–Crippen LogP) is 0.865. The molecule has 208 valence electrons. The molecule has 11 heteroatoms. The lowest BCUT2D eigenvalue weighted by atomic mass is 9.38. The highest BCUT2D eigenvalue weighted by Crippen LogP contribution is 2.72. The van der Waals surface area contributed by atoms with Crippen LogP contribution < -0.4 is 0 Å². The number of esters is 3. The fourth-order valence-electron chi connectivity index (χ4n) is 8.61. The summed E-state index contributed by atoms with van der Waals surface area (Å²) in [4.78, 5) is 53.0. The van der Waals surface area contributed by atoms with Gasteiger partial charge in [0.25, 0.3) is 0 Å². The van der Waals surface area contributed by atoms with E-state index in [1.165, 1.54) is 12.1 Å². The summed E-state index contributed by atoms with van der Waals surface area (Å²) in [5.74, 6) is -6.38. The Hall–Kier alpha value is -3.28. The van der Waals surface area contributed by atoms with Crippen LogP contribution in [0.15, 0.2) is 41.7 Å². The van der Waals surface area contributed by atoms with Crippen LogP contribution in [-0.2, 0) is 33.3 Å². The number of aliphatic hydroxyl groups is 3. The van der Waals surface area contributed by atoms with Gasteiger partial charge in [-0.05, 0) is 42.4 Å². The van der Waals surface area contributed by atoms with Gasteiger partial charge in [0, 0.05) is 17.8 Å². The van der Waals surface area contributed by atoms with Gasteiger partial charge in [-0.1, -0.05) is 25.1 Å². The van der Waals surface area contributed by atoms with E-state index >= 15 is 0 Å². The van der Waals surface area contributed by atoms with Crippen molar-refractivity contribution in [2.45, 2.75) is 56.7 Å². The van der Waals surface area contributed by atoms with Crippen LogP contribution in [-0.4, -0.2) is 82.7 Å². The standard InChI is InChI=1S/C28H30O11/c1-12-14-9-16-27-11-37-28(25(35)36-3,22(32)18(31)20(27)26(14,2)10-15(29)17(12)30)21(27)19(24(34)38-16)39-23(33)13-7-5-4-6-8-13/h4-8,14,16,18-22,30-32H,9-11H2,1-3H3/t14-,16-,18+,19+,20+,21+,22-,26+,27+,28-/m0/s1. The number of carbonyl (C=O) groups is 4. The Bertz CT molecular complexity index is 1310. The van der Waals surface area contributed by atoms with Crippen molar-refractivity contribution in [1.29, 1.82) is 0 Å². The first-order valence-corrected chi connectivity index (χ1v) is 12.9. The summed E-state index contributed by atoms with van der Waals surface area (Å²) < 4.78 is 22.7. The molecule has 2 saturated carbocycles. The normalized spacial score (nSPS) is 44.2. The molecule has 4 fully saturated rings. The summed E-state index contributed by atoms with van der Waals surface area (Å²) in [6.45, 7) is 3.18. The number of carbonyl (C=O) groups excluding carboxylic acids is 4. The summed E-state index contributed by atoms with van der Waals surface area (Å²) in [7, 11) is 1.09. The molecule has 6 rings (SSSR count). The monoisotopic (exact) mass is 542 g/mol. The fourth-order valence-corrected chi connectivity index (χ4v) is 8.61. The second-order valence-corrected chi connectivity index (χ2v) is 11.6. The minimum Gasteiger partial charge on any atom is -0.504 e. The van der Waals surface area contributed by atoms with Crippen molar-refractivity contribution in [3.63, 3.8) is 0 Å². The molecular formula is C28H30O11. The number of Topliss-reactive ketones (excluding diaryl/α,β-unsaturated/α-hetero) is 1. The third-order valence-corrected chi connectivity index (χ3v) is 10.1. The molecule has 5 aliphatic rings. The zero-order chi connectivity index (χ0) is 28.1. The first-order chi connectivity index (χ1) is 18.4. The van der Waals surface area contributed by atoms with Gasteiger partial charge in [-0.3, -0.25) is 4.79 Å².